The summed E-state index contributed by atoms with van der Waals surface area (Å²) in [7, 11) is 0. The Morgan fingerprint density at radius 2 is 1.81 bits per heavy atom. The van der Waals surface area contributed by atoms with Crippen molar-refractivity contribution in [1.29, 1.82) is 0 Å². The molecule has 1 unspecified atom stereocenters. The molecule has 0 aromatic heterocycles. The Labute approximate surface area is 221 Å². The summed E-state index contributed by atoms with van der Waals surface area (Å²) in [4.78, 5) is 43.2. The van der Waals surface area contributed by atoms with Crippen LogP contribution < -0.4 is 10.2 Å². The maximum atomic E-state index is 13.8. The van der Waals surface area contributed by atoms with Gasteiger partial charge in [-0.2, -0.15) is 0 Å². The molecule has 6 nitrogen and oxygen atoms in total. The largest absolute Gasteiger partial charge is 0.354 e. The molecule has 3 amide bonds. The van der Waals surface area contributed by atoms with Crippen LogP contribution in [0.4, 0.5) is 5.69 Å². The van der Waals surface area contributed by atoms with E-state index in [0.29, 0.717) is 39.8 Å². The van der Waals surface area contributed by atoms with Crippen LogP contribution in [0.25, 0.3) is 10.8 Å². The number of nitrogens with zero attached hydrogens (tertiary/aromatic N) is 2. The summed E-state index contributed by atoms with van der Waals surface area (Å²) in [6.07, 6.45) is 2.21. The van der Waals surface area contributed by atoms with Crippen LogP contribution in [0.15, 0.2) is 54.6 Å². The molecule has 1 aliphatic rings. The van der Waals surface area contributed by atoms with Crippen LogP contribution in [0.1, 0.15) is 49.0 Å². The van der Waals surface area contributed by atoms with Gasteiger partial charge in [-0.15, -0.1) is 0 Å². The number of halogens is 2. The van der Waals surface area contributed by atoms with Crippen molar-refractivity contribution < 1.29 is 14.4 Å². The Bertz CT molecular complexity index is 1310. The van der Waals surface area contributed by atoms with E-state index in [4.69, 9.17) is 23.2 Å². The number of rotatable bonds is 10. The lowest BCUT2D eigenvalue weighted by Gasteiger charge is -2.32. The smallest absolute Gasteiger partial charge is 0.259 e. The highest BCUT2D eigenvalue weighted by Crippen LogP contribution is 2.37. The molecule has 0 radical (unpaired) electrons. The number of anilines is 1. The van der Waals surface area contributed by atoms with Crippen LogP contribution in [0.3, 0.4) is 0 Å². The maximum absolute atomic E-state index is 13.8. The van der Waals surface area contributed by atoms with E-state index in [1.807, 2.05) is 44.2 Å². The number of carbonyl (C=O) groups is 3. The molecule has 1 aliphatic heterocycles. The lowest BCUT2D eigenvalue weighted by molar-refractivity contribution is -0.140. The number of nitrogens with one attached hydrogen (secondary N) is 1. The van der Waals surface area contributed by atoms with Gasteiger partial charge in [0.1, 0.15) is 12.6 Å². The van der Waals surface area contributed by atoms with E-state index < -0.39 is 6.04 Å². The Morgan fingerprint density at radius 1 is 1.06 bits per heavy atom. The van der Waals surface area contributed by atoms with E-state index in [0.717, 1.165) is 23.6 Å². The van der Waals surface area contributed by atoms with Crippen molar-refractivity contribution in [3.8, 4) is 0 Å². The van der Waals surface area contributed by atoms with Crippen molar-refractivity contribution in [3.63, 3.8) is 0 Å². The zero-order valence-corrected chi connectivity index (χ0v) is 21.9. The fraction of sp³-hybridized carbons (Fsp3) is 0.321. The minimum absolute atomic E-state index is 0.119. The average molecular weight is 526 g/mol. The number of unbranched alkanes of at least 4 members (excludes halogenated alkanes) is 1. The van der Waals surface area contributed by atoms with E-state index >= 15 is 0 Å². The molecular weight excluding hydrogens is 497 g/mol. The zero-order chi connectivity index (χ0) is 25.8. The van der Waals surface area contributed by atoms with Gasteiger partial charge in [-0.3, -0.25) is 19.3 Å². The van der Waals surface area contributed by atoms with Gasteiger partial charge in [0.25, 0.3) is 5.91 Å². The molecule has 188 valence electrons. The van der Waals surface area contributed by atoms with Gasteiger partial charge in [-0.05, 0) is 48.1 Å². The molecule has 0 fully saturated rings. The molecule has 4 rings (SSSR count). The highest BCUT2D eigenvalue weighted by molar-refractivity contribution is 6.35. The number of benzene rings is 3. The molecule has 0 saturated carbocycles. The van der Waals surface area contributed by atoms with Gasteiger partial charge in [-0.1, -0.05) is 73.8 Å². The quantitative estimate of drug-likeness (QED) is 0.338. The number of hydrogen-bond donors (Lipinski definition) is 1. The third-order valence-corrected chi connectivity index (χ3v) is 7.10. The second kappa shape index (κ2) is 11.3. The molecule has 0 bridgehead atoms. The molecule has 36 heavy (non-hydrogen) atoms. The van der Waals surface area contributed by atoms with Crippen LogP contribution in [-0.4, -0.2) is 41.8 Å². The summed E-state index contributed by atoms with van der Waals surface area (Å²) in [5.41, 5.74) is 1.95. The van der Waals surface area contributed by atoms with E-state index in [2.05, 4.69) is 5.32 Å². The van der Waals surface area contributed by atoms with Crippen molar-refractivity contribution in [2.75, 3.05) is 18.0 Å². The monoisotopic (exact) mass is 525 g/mol. The Kier molecular flexibility index (Phi) is 8.17. The van der Waals surface area contributed by atoms with E-state index in [1.165, 1.54) is 9.80 Å². The van der Waals surface area contributed by atoms with Gasteiger partial charge in [-0.25, -0.2) is 0 Å². The Morgan fingerprint density at radius 3 is 2.50 bits per heavy atom. The topological polar surface area (TPSA) is 69.7 Å². The summed E-state index contributed by atoms with van der Waals surface area (Å²) in [5.74, 6) is -0.778. The number of carbonyl (C=O) groups excluding carboxylic acids is 3. The van der Waals surface area contributed by atoms with Crippen molar-refractivity contribution >= 4 is 57.4 Å². The lowest BCUT2D eigenvalue weighted by atomic mass is 10.1. The first-order valence-electron chi connectivity index (χ1n) is 12.2. The molecular formula is C28H29Cl2N3O3. The number of amides is 3. The Hall–Kier alpha value is -3.09. The van der Waals surface area contributed by atoms with E-state index in [9.17, 15) is 14.4 Å². The third-order valence-electron chi connectivity index (χ3n) is 6.51. The van der Waals surface area contributed by atoms with Crippen molar-refractivity contribution in [2.45, 2.75) is 45.7 Å². The van der Waals surface area contributed by atoms with Gasteiger partial charge in [0.05, 0.1) is 5.69 Å². The van der Waals surface area contributed by atoms with Crippen LogP contribution in [-0.2, 0) is 16.1 Å². The summed E-state index contributed by atoms with van der Waals surface area (Å²) in [5, 5.41) is 5.63. The van der Waals surface area contributed by atoms with Crippen molar-refractivity contribution in [1.82, 2.24) is 10.2 Å². The second-order valence-corrected chi connectivity index (χ2v) is 9.74. The summed E-state index contributed by atoms with van der Waals surface area (Å²) < 4.78 is 0. The van der Waals surface area contributed by atoms with Gasteiger partial charge in [0.15, 0.2) is 0 Å². The molecule has 1 heterocycles. The van der Waals surface area contributed by atoms with E-state index in [-0.39, 0.29) is 30.8 Å². The van der Waals surface area contributed by atoms with Crippen LogP contribution >= 0.6 is 23.2 Å². The van der Waals surface area contributed by atoms with Gasteiger partial charge in [0, 0.05) is 34.1 Å². The zero-order valence-electron chi connectivity index (χ0n) is 20.4. The second-order valence-electron chi connectivity index (χ2n) is 8.90. The van der Waals surface area contributed by atoms with Crippen molar-refractivity contribution in [3.05, 3.63) is 75.8 Å². The maximum Gasteiger partial charge on any atom is 0.259 e. The molecule has 0 aliphatic carbocycles. The molecule has 8 heteroatoms. The standard InChI is InChI=1S/C28H29Cl2N3O3/c1-3-5-14-31-27(35)23(4-2)32(16-19-12-13-20(29)15-22(19)30)25(34)17-33-24-11-7-9-18-8-6-10-21(26(18)24)28(33)36/h6-13,15,23H,3-5,14,16-17H2,1-2H3,(H,31,35). The van der Waals surface area contributed by atoms with Gasteiger partial charge in [0.2, 0.25) is 11.8 Å². The van der Waals surface area contributed by atoms with Crippen LogP contribution in [0, 0.1) is 0 Å². The molecule has 1 N–H and O–H groups in total. The minimum atomic E-state index is -0.711. The fourth-order valence-corrected chi connectivity index (χ4v) is 5.09. The summed E-state index contributed by atoms with van der Waals surface area (Å²) >= 11 is 12.5. The molecule has 1 atom stereocenters. The van der Waals surface area contributed by atoms with Crippen molar-refractivity contribution in [2.24, 2.45) is 0 Å². The highest BCUT2D eigenvalue weighted by Gasteiger charge is 2.35. The highest BCUT2D eigenvalue weighted by atomic mass is 35.5. The normalized spacial score (nSPS) is 13.2. The van der Waals surface area contributed by atoms with Crippen LogP contribution in [0.5, 0.6) is 0 Å². The average Bonchev–Trinajstić information content (AvgIpc) is 3.13. The fourth-order valence-electron chi connectivity index (χ4n) is 4.62. The first-order chi connectivity index (χ1) is 17.3. The lowest BCUT2D eigenvalue weighted by Crippen LogP contribution is -2.52. The molecule has 0 saturated heterocycles. The van der Waals surface area contributed by atoms with E-state index in [1.54, 1.807) is 24.3 Å². The van der Waals surface area contributed by atoms with Crippen LogP contribution in [0.2, 0.25) is 10.0 Å². The Balaban J connectivity index is 1.64. The predicted octanol–water partition coefficient (Wildman–Crippen LogP) is 5.83. The SMILES string of the molecule is CCCCNC(=O)C(CC)N(Cc1ccc(Cl)cc1Cl)C(=O)CN1C(=O)c2cccc3cccc1c23. The first kappa shape index (κ1) is 26.0. The van der Waals surface area contributed by atoms with Gasteiger partial charge >= 0.3 is 0 Å². The third kappa shape index (κ3) is 5.20. The first-order valence-corrected chi connectivity index (χ1v) is 13.0. The summed E-state index contributed by atoms with van der Waals surface area (Å²) in [6, 6.07) is 15.6. The molecule has 3 aromatic rings. The molecule has 3 aromatic carbocycles. The minimum Gasteiger partial charge on any atom is -0.354 e. The predicted molar refractivity (Wildman–Crippen MR) is 145 cm³/mol. The number of hydrogen-bond acceptors (Lipinski definition) is 3. The van der Waals surface area contributed by atoms with Gasteiger partial charge < -0.3 is 10.2 Å². The molecule has 0 spiro atoms. The summed E-state index contributed by atoms with van der Waals surface area (Å²) in [6.45, 7) is 4.39.